The predicted octanol–water partition coefficient (Wildman–Crippen LogP) is 2.82. The lowest BCUT2D eigenvalue weighted by Crippen LogP contribution is -2.37. The molecule has 9 heteroatoms. The van der Waals surface area contributed by atoms with Crippen molar-refractivity contribution in [3.05, 3.63) is 58.7 Å². The molecule has 33 heavy (non-hydrogen) atoms. The molecule has 2 aromatic rings. The Morgan fingerprint density at radius 2 is 1.94 bits per heavy atom. The number of sulfonamides is 1. The second-order valence-electron chi connectivity index (χ2n) is 9.34. The molecule has 2 aliphatic heterocycles. The molecule has 1 saturated heterocycles. The van der Waals surface area contributed by atoms with Crippen molar-refractivity contribution in [2.45, 2.75) is 26.3 Å². The Balaban J connectivity index is 1.66. The number of hydrogen-bond donors (Lipinski definition) is 2. The van der Waals surface area contributed by atoms with Gasteiger partial charge < -0.3 is 15.0 Å². The van der Waals surface area contributed by atoms with Gasteiger partial charge in [0.05, 0.1) is 37.1 Å². The highest BCUT2D eigenvalue weighted by Gasteiger charge is 2.36. The van der Waals surface area contributed by atoms with Gasteiger partial charge in [-0.3, -0.25) is 4.79 Å². The fraction of sp³-hybridized carbons (Fsp3) is 0.417. The zero-order chi connectivity index (χ0) is 23.8. The maximum absolute atomic E-state index is 12.3. The van der Waals surface area contributed by atoms with Gasteiger partial charge in [-0.2, -0.15) is 5.26 Å². The highest BCUT2D eigenvalue weighted by atomic mass is 32.2. The molecule has 2 N–H and O–H groups in total. The third-order valence-corrected chi connectivity index (χ3v) is 6.71. The number of anilines is 2. The summed E-state index contributed by atoms with van der Waals surface area (Å²) in [5.74, 6) is -0.642. The molecule has 0 saturated carbocycles. The van der Waals surface area contributed by atoms with Crippen LogP contribution in [0, 0.1) is 16.7 Å². The Hall–Kier alpha value is -3.09. The van der Waals surface area contributed by atoms with Gasteiger partial charge in [-0.15, -0.1) is 0 Å². The summed E-state index contributed by atoms with van der Waals surface area (Å²) in [5, 5.41) is 13.2. The summed E-state index contributed by atoms with van der Waals surface area (Å²) >= 11 is 0. The molecule has 2 aromatic carbocycles. The highest BCUT2D eigenvalue weighted by Crippen LogP contribution is 2.45. The summed E-state index contributed by atoms with van der Waals surface area (Å²) in [6.07, 6.45) is 1.64. The van der Waals surface area contributed by atoms with E-state index in [2.05, 4.69) is 36.2 Å². The third-order valence-electron chi connectivity index (χ3n) is 6.15. The fourth-order valence-corrected chi connectivity index (χ4v) is 5.05. The molecular weight excluding hydrogens is 440 g/mol. The maximum atomic E-state index is 12.3. The van der Waals surface area contributed by atoms with E-state index in [0.29, 0.717) is 30.8 Å². The van der Waals surface area contributed by atoms with Crippen molar-refractivity contribution >= 4 is 27.3 Å². The van der Waals surface area contributed by atoms with Gasteiger partial charge in [0.15, 0.2) is 0 Å². The Morgan fingerprint density at radius 3 is 2.61 bits per heavy atom. The van der Waals surface area contributed by atoms with Gasteiger partial charge in [-0.05, 0) is 59.4 Å². The number of nitriles is 1. The molecule has 2 heterocycles. The normalized spacial score (nSPS) is 19.7. The van der Waals surface area contributed by atoms with E-state index in [1.165, 1.54) is 0 Å². The van der Waals surface area contributed by atoms with E-state index in [0.717, 1.165) is 41.8 Å². The average Bonchev–Trinajstić information content (AvgIpc) is 2.76. The van der Waals surface area contributed by atoms with Crippen molar-refractivity contribution in [1.29, 1.82) is 5.26 Å². The van der Waals surface area contributed by atoms with E-state index in [4.69, 9.17) is 4.74 Å². The minimum Gasteiger partial charge on any atom is -0.378 e. The first-order valence-corrected chi connectivity index (χ1v) is 12.7. The molecule has 1 amide bonds. The monoisotopic (exact) mass is 468 g/mol. The summed E-state index contributed by atoms with van der Waals surface area (Å²) < 4.78 is 30.3. The number of nitrogens with zero attached hydrogens (tertiary/aromatic N) is 2. The van der Waals surface area contributed by atoms with Crippen molar-refractivity contribution in [2.75, 3.05) is 42.8 Å². The van der Waals surface area contributed by atoms with Crippen LogP contribution in [0.1, 0.15) is 46.9 Å². The summed E-state index contributed by atoms with van der Waals surface area (Å²) in [7, 11) is -3.63. The van der Waals surface area contributed by atoms with Crippen LogP contribution in [0.3, 0.4) is 0 Å². The minimum absolute atomic E-state index is 0.0474. The van der Waals surface area contributed by atoms with Crippen molar-refractivity contribution in [3.8, 4) is 6.07 Å². The molecule has 174 valence electrons. The van der Waals surface area contributed by atoms with Crippen LogP contribution in [0.5, 0.6) is 0 Å². The standard InChI is InChI=1S/C24H28N4O4S/c1-24(2)14-19-12-17(23(29)27-33(3,30)31)4-5-21(19)26-22(24)18-10-16(15-25)11-20(13-18)28-6-8-32-9-7-28/h4-5,10-13,22,26H,6-9,14H2,1-3H3,(H,27,29). The Morgan fingerprint density at radius 1 is 1.21 bits per heavy atom. The summed E-state index contributed by atoms with van der Waals surface area (Å²) in [5.41, 5.74) is 4.58. The quantitative estimate of drug-likeness (QED) is 0.710. The second-order valence-corrected chi connectivity index (χ2v) is 11.1. The summed E-state index contributed by atoms with van der Waals surface area (Å²) in [6.45, 7) is 7.20. The number of fused-ring (bicyclic) bond motifs is 1. The number of nitrogens with one attached hydrogen (secondary N) is 2. The number of rotatable bonds is 4. The molecule has 1 atom stereocenters. The van der Waals surface area contributed by atoms with Crippen molar-refractivity contribution in [3.63, 3.8) is 0 Å². The second kappa shape index (κ2) is 8.69. The Labute approximate surface area is 194 Å². The van der Waals surface area contributed by atoms with E-state index < -0.39 is 15.9 Å². The molecular formula is C24H28N4O4S. The van der Waals surface area contributed by atoms with Crippen molar-refractivity contribution in [1.82, 2.24) is 4.72 Å². The molecule has 0 bridgehead atoms. The van der Waals surface area contributed by atoms with Crippen LogP contribution in [0.15, 0.2) is 36.4 Å². The zero-order valence-electron chi connectivity index (χ0n) is 19.0. The third kappa shape index (κ3) is 5.13. The number of morpholine rings is 1. The van der Waals surface area contributed by atoms with Crippen LogP contribution in [0.25, 0.3) is 0 Å². The zero-order valence-corrected chi connectivity index (χ0v) is 19.8. The van der Waals surface area contributed by atoms with Gasteiger partial charge in [0.2, 0.25) is 10.0 Å². The number of ether oxygens (including phenoxy) is 1. The van der Waals surface area contributed by atoms with Crippen LogP contribution in [-0.4, -0.2) is 46.9 Å². The van der Waals surface area contributed by atoms with E-state index in [1.54, 1.807) is 12.1 Å². The first-order chi connectivity index (χ1) is 15.6. The number of amides is 1. The largest absolute Gasteiger partial charge is 0.378 e. The number of hydrogen-bond acceptors (Lipinski definition) is 7. The average molecular weight is 469 g/mol. The van der Waals surface area contributed by atoms with E-state index in [1.807, 2.05) is 22.9 Å². The van der Waals surface area contributed by atoms with Crippen molar-refractivity contribution in [2.24, 2.45) is 5.41 Å². The Kier molecular flexibility index (Phi) is 6.08. The number of carbonyl (C=O) groups is 1. The lowest BCUT2D eigenvalue weighted by atomic mass is 9.72. The lowest BCUT2D eigenvalue weighted by Gasteiger charge is -2.42. The molecule has 0 radical (unpaired) electrons. The van der Waals surface area contributed by atoms with Gasteiger partial charge in [0.25, 0.3) is 5.91 Å². The van der Waals surface area contributed by atoms with Crippen LogP contribution >= 0.6 is 0 Å². The van der Waals surface area contributed by atoms with Crippen LogP contribution < -0.4 is 14.9 Å². The molecule has 1 fully saturated rings. The first kappa shape index (κ1) is 23.1. The SMILES string of the molecule is CC1(C)Cc2cc(C(=O)NS(C)(=O)=O)ccc2NC1c1cc(C#N)cc(N2CCOCC2)c1. The van der Waals surface area contributed by atoms with Gasteiger partial charge in [0, 0.05) is 30.0 Å². The smallest absolute Gasteiger partial charge is 0.264 e. The van der Waals surface area contributed by atoms with Gasteiger partial charge in [-0.1, -0.05) is 13.8 Å². The lowest BCUT2D eigenvalue weighted by molar-refractivity contribution is 0.0981. The summed E-state index contributed by atoms with van der Waals surface area (Å²) in [4.78, 5) is 14.5. The molecule has 2 aliphatic rings. The van der Waals surface area contributed by atoms with Crippen LogP contribution in [-0.2, 0) is 21.2 Å². The van der Waals surface area contributed by atoms with Crippen molar-refractivity contribution < 1.29 is 17.9 Å². The van der Waals surface area contributed by atoms with Gasteiger partial charge >= 0.3 is 0 Å². The van der Waals surface area contributed by atoms with Gasteiger partial charge in [-0.25, -0.2) is 13.1 Å². The van der Waals surface area contributed by atoms with Crippen LogP contribution in [0.4, 0.5) is 11.4 Å². The highest BCUT2D eigenvalue weighted by molar-refractivity contribution is 7.89. The minimum atomic E-state index is -3.63. The molecule has 0 spiro atoms. The molecule has 4 rings (SSSR count). The first-order valence-electron chi connectivity index (χ1n) is 10.9. The Bertz CT molecular complexity index is 1230. The number of benzene rings is 2. The predicted molar refractivity (Wildman–Crippen MR) is 127 cm³/mol. The fourth-order valence-electron chi connectivity index (χ4n) is 4.60. The van der Waals surface area contributed by atoms with E-state index >= 15 is 0 Å². The molecule has 1 unspecified atom stereocenters. The number of carbonyl (C=O) groups excluding carboxylic acids is 1. The molecule has 0 aliphatic carbocycles. The maximum Gasteiger partial charge on any atom is 0.264 e. The molecule has 8 nitrogen and oxygen atoms in total. The van der Waals surface area contributed by atoms with E-state index in [9.17, 15) is 18.5 Å². The summed E-state index contributed by atoms with van der Waals surface area (Å²) in [6, 6.07) is 13.4. The molecule has 0 aromatic heterocycles. The van der Waals surface area contributed by atoms with Gasteiger partial charge in [0.1, 0.15) is 0 Å². The topological polar surface area (TPSA) is 112 Å². The van der Waals surface area contributed by atoms with E-state index in [-0.39, 0.29) is 11.5 Å². The van der Waals surface area contributed by atoms with Crippen LogP contribution in [0.2, 0.25) is 0 Å².